The second-order valence-electron chi connectivity index (χ2n) is 6.56. The van der Waals surface area contributed by atoms with E-state index in [0.29, 0.717) is 6.07 Å². The van der Waals surface area contributed by atoms with Gasteiger partial charge in [0, 0.05) is 18.2 Å². The van der Waals surface area contributed by atoms with Gasteiger partial charge in [0.2, 0.25) is 0 Å². The van der Waals surface area contributed by atoms with E-state index in [1.54, 1.807) is 0 Å². The fourth-order valence-corrected chi connectivity index (χ4v) is 2.80. The van der Waals surface area contributed by atoms with Gasteiger partial charge in [-0.1, -0.05) is 0 Å². The quantitative estimate of drug-likeness (QED) is 0.308. The second kappa shape index (κ2) is 9.64. The van der Waals surface area contributed by atoms with Crippen molar-refractivity contribution in [3.05, 3.63) is 96.2 Å². The third-order valence-electron chi connectivity index (χ3n) is 4.31. The van der Waals surface area contributed by atoms with Crippen molar-refractivity contribution < 1.29 is 28.6 Å². The van der Waals surface area contributed by atoms with Crippen LogP contribution in [0.5, 0.6) is 0 Å². The molecule has 2 aromatic carbocycles. The molecule has 1 aromatic heterocycles. The number of halogens is 1. The Balaban J connectivity index is 2.08. The first kappa shape index (κ1) is 23.6. The molecule has 0 bridgehead atoms. The molecule has 1 N–H and O–H groups in total. The number of rotatable bonds is 7. The van der Waals surface area contributed by atoms with Crippen molar-refractivity contribution >= 4 is 28.9 Å². The molecule has 0 spiro atoms. The normalized spacial score (nSPS) is 10.4. The van der Waals surface area contributed by atoms with Crippen LogP contribution in [0.25, 0.3) is 5.69 Å². The highest BCUT2D eigenvalue weighted by molar-refractivity contribution is 6.08. The van der Waals surface area contributed by atoms with Crippen molar-refractivity contribution in [1.82, 2.24) is 9.78 Å². The van der Waals surface area contributed by atoms with Gasteiger partial charge in [-0.3, -0.25) is 29.8 Å². The van der Waals surface area contributed by atoms with Crippen LogP contribution < -0.4 is 10.9 Å². The Labute approximate surface area is 188 Å². The molecule has 3 aromatic rings. The van der Waals surface area contributed by atoms with Crippen molar-refractivity contribution in [1.29, 1.82) is 0 Å². The lowest BCUT2D eigenvalue weighted by atomic mass is 10.1. The van der Waals surface area contributed by atoms with Crippen LogP contribution in [0, 0.1) is 26.0 Å². The Bertz CT molecular complexity index is 1340. The molecule has 0 aliphatic heterocycles. The number of carbonyl (C=O) groups excluding carboxylic acids is 2. The number of hydrogen-bond donors (Lipinski definition) is 1. The van der Waals surface area contributed by atoms with Gasteiger partial charge in [0.05, 0.1) is 39.5 Å². The third kappa shape index (κ3) is 5.07. The summed E-state index contributed by atoms with van der Waals surface area (Å²) < 4.78 is 18.9. The van der Waals surface area contributed by atoms with E-state index < -0.39 is 61.4 Å². The van der Waals surface area contributed by atoms with Gasteiger partial charge < -0.3 is 10.1 Å². The van der Waals surface area contributed by atoms with Gasteiger partial charge in [-0.2, -0.15) is 9.78 Å². The number of carbonyl (C=O) groups is 2. The number of nitrogens with zero attached hydrogens (tertiary/aromatic N) is 4. The molecular formula is C20H14FN5O8. The summed E-state index contributed by atoms with van der Waals surface area (Å²) >= 11 is 0. The van der Waals surface area contributed by atoms with Gasteiger partial charge >= 0.3 is 5.97 Å². The van der Waals surface area contributed by atoms with Crippen LogP contribution >= 0.6 is 0 Å². The lowest BCUT2D eigenvalue weighted by molar-refractivity contribution is -0.394. The zero-order valence-electron chi connectivity index (χ0n) is 17.3. The molecule has 0 aliphatic rings. The first-order valence-electron chi connectivity index (χ1n) is 9.43. The summed E-state index contributed by atoms with van der Waals surface area (Å²) in [5.41, 5.74) is -3.51. The summed E-state index contributed by atoms with van der Waals surface area (Å²) in [5.74, 6) is -2.67. The van der Waals surface area contributed by atoms with E-state index in [4.69, 9.17) is 4.74 Å². The Morgan fingerprint density at radius 3 is 2.18 bits per heavy atom. The van der Waals surface area contributed by atoms with Gasteiger partial charge in [0.15, 0.2) is 5.69 Å². The largest absolute Gasteiger partial charge is 0.461 e. The highest BCUT2D eigenvalue weighted by Gasteiger charge is 2.23. The topological polar surface area (TPSA) is 177 Å². The highest BCUT2D eigenvalue weighted by atomic mass is 19.1. The minimum atomic E-state index is -1.09. The molecule has 34 heavy (non-hydrogen) atoms. The van der Waals surface area contributed by atoms with Crippen LogP contribution in [0.4, 0.5) is 21.5 Å². The number of nitrogens with one attached hydrogen (secondary N) is 1. The van der Waals surface area contributed by atoms with Gasteiger partial charge in [-0.05, 0) is 31.2 Å². The minimum Gasteiger partial charge on any atom is -0.461 e. The first-order chi connectivity index (χ1) is 16.1. The molecule has 0 aliphatic carbocycles. The summed E-state index contributed by atoms with van der Waals surface area (Å²) in [5, 5.41) is 28.3. The highest BCUT2D eigenvalue weighted by Crippen LogP contribution is 2.24. The number of anilines is 1. The molecule has 13 nitrogen and oxygen atoms in total. The molecule has 0 unspecified atom stereocenters. The standard InChI is InChI=1S/C20H14FN5O8/c1-2-34-20(29)18-16(10-17(27)24(23-18)13-5-3-12(21)4-6-13)22-19(28)11-7-14(25(30)31)9-15(8-11)26(32)33/h3-10H,2H2,1H3,(H,22,28). The fourth-order valence-electron chi connectivity index (χ4n) is 2.80. The number of benzene rings is 2. The summed E-state index contributed by atoms with van der Waals surface area (Å²) in [6, 6.07) is 7.70. The number of nitro groups is 2. The van der Waals surface area contributed by atoms with Crippen molar-refractivity contribution in [3.63, 3.8) is 0 Å². The minimum absolute atomic E-state index is 0.0688. The van der Waals surface area contributed by atoms with E-state index in [-0.39, 0.29) is 12.3 Å². The number of nitro benzene ring substituents is 2. The molecule has 0 atom stereocenters. The number of ether oxygens (including phenoxy) is 1. The summed E-state index contributed by atoms with van der Waals surface area (Å²) in [6.45, 7) is 1.44. The maximum Gasteiger partial charge on any atom is 0.360 e. The van der Waals surface area contributed by atoms with E-state index in [1.807, 2.05) is 0 Å². The average molecular weight is 471 g/mol. The van der Waals surface area contributed by atoms with Crippen molar-refractivity contribution in [2.45, 2.75) is 6.92 Å². The van der Waals surface area contributed by atoms with E-state index in [2.05, 4.69) is 10.4 Å². The fraction of sp³-hybridized carbons (Fsp3) is 0.100. The van der Waals surface area contributed by atoms with Crippen molar-refractivity contribution in [3.8, 4) is 5.69 Å². The van der Waals surface area contributed by atoms with Crippen molar-refractivity contribution in [2.75, 3.05) is 11.9 Å². The van der Waals surface area contributed by atoms with E-state index >= 15 is 0 Å². The maximum absolute atomic E-state index is 13.2. The average Bonchev–Trinajstić information content (AvgIpc) is 2.79. The van der Waals surface area contributed by atoms with E-state index in [9.17, 15) is 39.0 Å². The van der Waals surface area contributed by atoms with Crippen LogP contribution in [0.2, 0.25) is 0 Å². The smallest absolute Gasteiger partial charge is 0.360 e. The van der Waals surface area contributed by atoms with Gasteiger partial charge in [-0.15, -0.1) is 0 Å². The van der Waals surface area contributed by atoms with Crippen LogP contribution in [-0.2, 0) is 4.74 Å². The lowest BCUT2D eigenvalue weighted by Crippen LogP contribution is -2.27. The third-order valence-corrected chi connectivity index (χ3v) is 4.31. The lowest BCUT2D eigenvalue weighted by Gasteiger charge is -2.12. The summed E-state index contributed by atoms with van der Waals surface area (Å²) in [7, 11) is 0. The Hall–Kier alpha value is -5.01. The van der Waals surface area contributed by atoms with Gasteiger partial charge in [0.25, 0.3) is 22.8 Å². The van der Waals surface area contributed by atoms with E-state index in [1.165, 1.54) is 19.1 Å². The van der Waals surface area contributed by atoms with Crippen molar-refractivity contribution in [2.24, 2.45) is 0 Å². The molecule has 174 valence electrons. The van der Waals surface area contributed by atoms with Crippen LogP contribution in [0.3, 0.4) is 0 Å². The number of hydrogen-bond acceptors (Lipinski definition) is 9. The molecule has 3 rings (SSSR count). The monoisotopic (exact) mass is 471 g/mol. The summed E-state index contributed by atoms with van der Waals surface area (Å²) in [4.78, 5) is 58.0. The van der Waals surface area contributed by atoms with Gasteiger partial charge in [0.1, 0.15) is 5.82 Å². The van der Waals surface area contributed by atoms with Crippen LogP contribution in [-0.4, -0.2) is 38.1 Å². The number of esters is 1. The molecule has 0 saturated heterocycles. The Morgan fingerprint density at radius 1 is 1.06 bits per heavy atom. The molecule has 0 saturated carbocycles. The zero-order chi connectivity index (χ0) is 25.0. The zero-order valence-corrected chi connectivity index (χ0v) is 17.3. The van der Waals surface area contributed by atoms with E-state index in [0.717, 1.165) is 35.0 Å². The molecule has 0 fully saturated rings. The summed E-state index contributed by atoms with van der Waals surface area (Å²) in [6.07, 6.45) is 0. The SMILES string of the molecule is CCOC(=O)c1nn(-c2ccc(F)cc2)c(=O)cc1NC(=O)c1cc([N+](=O)[O-])cc([N+](=O)[O-])c1. The second-order valence-corrected chi connectivity index (χ2v) is 6.56. The molecule has 1 amide bonds. The van der Waals surface area contributed by atoms with Crippen LogP contribution in [0.15, 0.2) is 53.3 Å². The number of aromatic nitrogens is 2. The Kier molecular flexibility index (Phi) is 6.71. The van der Waals surface area contributed by atoms with Gasteiger partial charge in [-0.25, -0.2) is 9.18 Å². The molecule has 1 heterocycles. The Morgan fingerprint density at radius 2 is 1.65 bits per heavy atom. The maximum atomic E-state index is 13.2. The predicted octanol–water partition coefficient (Wildman–Crippen LogP) is 2.62. The first-order valence-corrected chi connectivity index (χ1v) is 9.43. The van der Waals surface area contributed by atoms with Crippen LogP contribution in [0.1, 0.15) is 27.8 Å². The molecule has 14 heteroatoms. The molecular weight excluding hydrogens is 457 g/mol. The predicted molar refractivity (Wildman–Crippen MR) is 113 cm³/mol. The number of amides is 1. The molecule has 0 radical (unpaired) electrons. The number of non-ortho nitro benzene ring substituents is 2.